The first-order chi connectivity index (χ1) is 10.3. The fourth-order valence-corrected chi connectivity index (χ4v) is 2.67. The molecule has 1 unspecified atom stereocenters. The van der Waals surface area contributed by atoms with Crippen LogP contribution >= 0.6 is 11.3 Å². The number of thiazole rings is 1. The Kier molecular flexibility index (Phi) is 4.65. The average molecular weight is 331 g/mol. The number of carbonyl (C=O) groups is 1. The fourth-order valence-electron chi connectivity index (χ4n) is 1.71. The molecule has 2 heterocycles. The molecule has 0 saturated heterocycles. The number of H-pyrrole nitrogens is 1. The molecule has 0 saturated carbocycles. The molecule has 0 radical (unpaired) electrons. The molecule has 0 fully saturated rings. The molecule has 9 heteroatoms. The van der Waals surface area contributed by atoms with Gasteiger partial charge in [0.05, 0.1) is 11.6 Å². The number of pyridine rings is 1. The van der Waals surface area contributed by atoms with Gasteiger partial charge in [-0.05, 0) is 12.5 Å². The largest absolute Gasteiger partial charge is 0.434 e. The number of alkyl halides is 3. The van der Waals surface area contributed by atoms with Gasteiger partial charge in [0.1, 0.15) is 5.01 Å². The second-order valence-electron chi connectivity index (χ2n) is 4.44. The third-order valence-electron chi connectivity index (χ3n) is 2.87. The van der Waals surface area contributed by atoms with E-state index in [-0.39, 0.29) is 16.1 Å². The molecular weight excluding hydrogens is 319 g/mol. The fraction of sp³-hybridized carbons (Fsp3) is 0.308. The first kappa shape index (κ1) is 16.2. The highest BCUT2D eigenvalue weighted by molar-refractivity contribution is 7.09. The Morgan fingerprint density at radius 3 is 2.68 bits per heavy atom. The lowest BCUT2D eigenvalue weighted by atomic mass is 10.2. The minimum atomic E-state index is -4.50. The summed E-state index contributed by atoms with van der Waals surface area (Å²) in [5, 5.41) is 3.71. The van der Waals surface area contributed by atoms with Crippen LogP contribution in [-0.2, 0) is 6.18 Å². The summed E-state index contributed by atoms with van der Waals surface area (Å²) in [6.07, 6.45) is -2.87. The van der Waals surface area contributed by atoms with Crippen molar-refractivity contribution in [1.29, 1.82) is 0 Å². The van der Waals surface area contributed by atoms with Gasteiger partial charge in [-0.25, -0.2) is 4.98 Å². The first-order valence-corrected chi connectivity index (χ1v) is 7.21. The number of rotatable bonds is 4. The van der Waals surface area contributed by atoms with Crippen LogP contribution in [0.2, 0.25) is 0 Å². The van der Waals surface area contributed by atoms with Gasteiger partial charge >= 0.3 is 6.18 Å². The number of hydrogen-bond donors (Lipinski definition) is 2. The van der Waals surface area contributed by atoms with Crippen molar-refractivity contribution in [2.75, 3.05) is 0 Å². The van der Waals surface area contributed by atoms with Crippen LogP contribution in [0.15, 0.2) is 28.5 Å². The second-order valence-corrected chi connectivity index (χ2v) is 5.33. The van der Waals surface area contributed by atoms with Gasteiger partial charge in [-0.15, -0.1) is 11.3 Å². The molecule has 0 aliphatic rings. The number of amides is 1. The van der Waals surface area contributed by atoms with Crippen LogP contribution in [0.4, 0.5) is 13.2 Å². The normalized spacial score (nSPS) is 12.9. The van der Waals surface area contributed by atoms with Crippen LogP contribution in [0, 0.1) is 0 Å². The van der Waals surface area contributed by atoms with Gasteiger partial charge in [0.2, 0.25) is 5.56 Å². The molecule has 2 aromatic rings. The van der Waals surface area contributed by atoms with E-state index in [1.807, 2.05) is 0 Å². The van der Waals surface area contributed by atoms with Crippen LogP contribution in [0.3, 0.4) is 0 Å². The molecule has 2 aromatic heterocycles. The molecule has 2 rings (SSSR count). The molecule has 118 valence electrons. The lowest BCUT2D eigenvalue weighted by molar-refractivity contribution is -0.140. The van der Waals surface area contributed by atoms with Gasteiger partial charge in [0.15, 0.2) is 5.69 Å². The molecule has 2 N–H and O–H groups in total. The minimum absolute atomic E-state index is 0.188. The lowest BCUT2D eigenvalue weighted by Crippen LogP contribution is -2.28. The lowest BCUT2D eigenvalue weighted by Gasteiger charge is -2.14. The SMILES string of the molecule is CCC(NC(=O)c1ccc(=O)[nH]c1)c1nc(C(F)(F)F)cs1. The summed E-state index contributed by atoms with van der Waals surface area (Å²) in [5.74, 6) is -0.494. The standard InChI is InChI=1S/C13H12F3N3O2S/c1-2-8(12-19-9(6-22-12)13(14,15)16)18-11(21)7-3-4-10(20)17-5-7/h3-6,8H,2H2,1H3,(H,17,20)(H,18,21). The van der Waals surface area contributed by atoms with Crippen molar-refractivity contribution in [2.24, 2.45) is 0 Å². The summed E-state index contributed by atoms with van der Waals surface area (Å²) < 4.78 is 37.7. The third kappa shape index (κ3) is 3.73. The third-order valence-corrected chi connectivity index (χ3v) is 3.83. The van der Waals surface area contributed by atoms with Crippen molar-refractivity contribution >= 4 is 17.2 Å². The molecule has 1 amide bonds. The number of carbonyl (C=O) groups excluding carboxylic acids is 1. The van der Waals surface area contributed by atoms with E-state index >= 15 is 0 Å². The molecule has 0 aromatic carbocycles. The summed E-state index contributed by atoms with van der Waals surface area (Å²) in [4.78, 5) is 28.9. The Morgan fingerprint density at radius 1 is 1.45 bits per heavy atom. The Hall–Kier alpha value is -2.16. The van der Waals surface area contributed by atoms with Crippen LogP contribution in [-0.4, -0.2) is 15.9 Å². The number of hydrogen-bond acceptors (Lipinski definition) is 4. The zero-order valence-corrected chi connectivity index (χ0v) is 12.2. The zero-order valence-electron chi connectivity index (χ0n) is 11.4. The van der Waals surface area contributed by atoms with Gasteiger partial charge in [0, 0.05) is 17.6 Å². The molecule has 22 heavy (non-hydrogen) atoms. The highest BCUT2D eigenvalue weighted by atomic mass is 32.1. The highest BCUT2D eigenvalue weighted by Crippen LogP contribution is 2.32. The summed E-state index contributed by atoms with van der Waals surface area (Å²) in [7, 11) is 0. The predicted molar refractivity (Wildman–Crippen MR) is 74.7 cm³/mol. The smallest absolute Gasteiger partial charge is 0.343 e. The van der Waals surface area contributed by atoms with E-state index in [4.69, 9.17) is 0 Å². The maximum Gasteiger partial charge on any atom is 0.434 e. The topological polar surface area (TPSA) is 74.8 Å². The van der Waals surface area contributed by atoms with Gasteiger partial charge < -0.3 is 10.3 Å². The van der Waals surface area contributed by atoms with Crippen molar-refractivity contribution in [3.8, 4) is 0 Å². The summed E-state index contributed by atoms with van der Waals surface area (Å²) in [6, 6.07) is 1.91. The van der Waals surface area contributed by atoms with E-state index in [9.17, 15) is 22.8 Å². The van der Waals surface area contributed by atoms with Crippen molar-refractivity contribution < 1.29 is 18.0 Å². The number of nitrogens with zero attached hydrogens (tertiary/aromatic N) is 1. The Morgan fingerprint density at radius 2 is 2.18 bits per heavy atom. The van der Waals surface area contributed by atoms with Gasteiger partial charge in [-0.1, -0.05) is 6.92 Å². The van der Waals surface area contributed by atoms with Gasteiger partial charge in [0.25, 0.3) is 5.91 Å². The number of nitrogens with one attached hydrogen (secondary N) is 2. The Balaban J connectivity index is 2.15. The molecule has 5 nitrogen and oxygen atoms in total. The number of halogens is 3. The first-order valence-electron chi connectivity index (χ1n) is 6.33. The molecule has 0 aliphatic heterocycles. The molecule has 0 spiro atoms. The van der Waals surface area contributed by atoms with E-state index in [0.29, 0.717) is 6.42 Å². The minimum Gasteiger partial charge on any atom is -0.343 e. The highest BCUT2D eigenvalue weighted by Gasteiger charge is 2.34. The quantitative estimate of drug-likeness (QED) is 0.904. The van der Waals surface area contributed by atoms with E-state index in [2.05, 4.69) is 15.3 Å². The zero-order chi connectivity index (χ0) is 16.3. The Bertz CT molecular complexity index is 703. The van der Waals surface area contributed by atoms with E-state index < -0.39 is 23.8 Å². The Labute approximate surface area is 127 Å². The van der Waals surface area contributed by atoms with Crippen LogP contribution in [0.1, 0.15) is 40.4 Å². The van der Waals surface area contributed by atoms with Crippen LogP contribution < -0.4 is 10.9 Å². The molecular formula is C13H12F3N3O2S. The van der Waals surface area contributed by atoms with E-state index in [0.717, 1.165) is 16.7 Å². The summed E-state index contributed by atoms with van der Waals surface area (Å²) in [5.41, 5.74) is -1.10. The summed E-state index contributed by atoms with van der Waals surface area (Å²) in [6.45, 7) is 1.73. The van der Waals surface area contributed by atoms with Crippen molar-refractivity contribution in [3.05, 3.63) is 50.3 Å². The van der Waals surface area contributed by atoms with Gasteiger partial charge in [-0.3, -0.25) is 9.59 Å². The van der Waals surface area contributed by atoms with Gasteiger partial charge in [-0.2, -0.15) is 13.2 Å². The van der Waals surface area contributed by atoms with Crippen LogP contribution in [0.5, 0.6) is 0 Å². The van der Waals surface area contributed by atoms with E-state index in [1.54, 1.807) is 6.92 Å². The van der Waals surface area contributed by atoms with Crippen molar-refractivity contribution in [1.82, 2.24) is 15.3 Å². The summed E-state index contributed by atoms with van der Waals surface area (Å²) >= 11 is 0.845. The predicted octanol–water partition coefficient (Wildman–Crippen LogP) is 2.73. The average Bonchev–Trinajstić information content (AvgIpc) is 2.95. The second kappa shape index (κ2) is 6.30. The van der Waals surface area contributed by atoms with E-state index in [1.165, 1.54) is 18.3 Å². The molecule has 1 atom stereocenters. The number of aromatic nitrogens is 2. The van der Waals surface area contributed by atoms with Crippen LogP contribution in [0.25, 0.3) is 0 Å². The maximum absolute atomic E-state index is 12.6. The maximum atomic E-state index is 12.6. The van der Waals surface area contributed by atoms with Crippen molar-refractivity contribution in [2.45, 2.75) is 25.6 Å². The van der Waals surface area contributed by atoms with Crippen molar-refractivity contribution in [3.63, 3.8) is 0 Å². The molecule has 0 aliphatic carbocycles. The molecule has 0 bridgehead atoms. The number of aromatic amines is 1. The monoisotopic (exact) mass is 331 g/mol.